The van der Waals surface area contributed by atoms with Gasteiger partial charge in [0.15, 0.2) is 6.61 Å². The van der Waals surface area contributed by atoms with Gasteiger partial charge < -0.3 is 14.4 Å². The number of amides is 1. The molecular weight excluding hydrogens is 376 g/mol. The lowest BCUT2D eigenvalue weighted by molar-refractivity contribution is -0.142. The first-order valence-electron chi connectivity index (χ1n) is 7.45. The van der Waals surface area contributed by atoms with Crippen LogP contribution in [0.5, 0.6) is 5.75 Å². The minimum atomic E-state index is -0.513. The highest BCUT2D eigenvalue weighted by atomic mass is 79.9. The summed E-state index contributed by atoms with van der Waals surface area (Å²) in [6.45, 7) is 1.09. The van der Waals surface area contributed by atoms with Crippen LogP contribution in [0.2, 0.25) is 0 Å². The van der Waals surface area contributed by atoms with Crippen LogP contribution >= 0.6 is 15.9 Å². The van der Waals surface area contributed by atoms with Gasteiger partial charge in [0.1, 0.15) is 17.4 Å². The maximum atomic E-state index is 12.4. The van der Waals surface area contributed by atoms with Gasteiger partial charge in [-0.3, -0.25) is 4.79 Å². The molecular formula is C17H17BrN2O4. The molecule has 2 rings (SSSR count). The van der Waals surface area contributed by atoms with E-state index < -0.39 is 5.97 Å². The summed E-state index contributed by atoms with van der Waals surface area (Å²) in [6.07, 6.45) is 3.39. The van der Waals surface area contributed by atoms with E-state index in [1.165, 1.54) is 13.2 Å². The summed E-state index contributed by atoms with van der Waals surface area (Å²) in [4.78, 5) is 25.3. The monoisotopic (exact) mass is 392 g/mol. The standard InChI is InChI=1S/C17H17BrN2O4/c1-23-16(21)11-24-15-5-4-14(18)9-12(15)8-13(10-19)17(22)20-6-2-3-7-20/h4-5,8-9H,2-3,6-7,11H2,1H3/b13-8+. The molecule has 6 nitrogen and oxygen atoms in total. The molecule has 0 aromatic heterocycles. The third-order valence-electron chi connectivity index (χ3n) is 3.59. The molecule has 0 N–H and O–H groups in total. The van der Waals surface area contributed by atoms with E-state index in [0.717, 1.165) is 17.3 Å². The van der Waals surface area contributed by atoms with Gasteiger partial charge in [-0.1, -0.05) is 15.9 Å². The number of methoxy groups -OCH3 is 1. The molecule has 1 aliphatic heterocycles. The quantitative estimate of drug-likeness (QED) is 0.436. The molecule has 1 saturated heterocycles. The topological polar surface area (TPSA) is 79.6 Å². The number of rotatable bonds is 5. The summed E-state index contributed by atoms with van der Waals surface area (Å²) < 4.78 is 10.7. The Kier molecular flexibility index (Phi) is 6.38. The minimum Gasteiger partial charge on any atom is -0.481 e. The Morgan fingerprint density at radius 3 is 2.71 bits per heavy atom. The number of halogens is 1. The predicted octanol–water partition coefficient (Wildman–Crippen LogP) is 2.53. The average Bonchev–Trinajstić information content (AvgIpc) is 3.12. The predicted molar refractivity (Wildman–Crippen MR) is 91.1 cm³/mol. The molecule has 0 aliphatic carbocycles. The van der Waals surface area contributed by atoms with Crippen molar-refractivity contribution in [3.8, 4) is 11.8 Å². The zero-order valence-corrected chi connectivity index (χ0v) is 14.8. The molecule has 0 atom stereocenters. The number of esters is 1. The van der Waals surface area contributed by atoms with E-state index in [4.69, 9.17) is 4.74 Å². The Labute approximate surface area is 148 Å². The molecule has 1 amide bonds. The van der Waals surface area contributed by atoms with Gasteiger partial charge in [-0.2, -0.15) is 5.26 Å². The molecule has 1 aliphatic rings. The molecule has 1 fully saturated rings. The minimum absolute atomic E-state index is 0.0397. The number of likely N-dealkylation sites (tertiary alicyclic amines) is 1. The Morgan fingerprint density at radius 1 is 1.38 bits per heavy atom. The first-order chi connectivity index (χ1) is 11.5. The molecule has 0 radical (unpaired) electrons. The Balaban J connectivity index is 2.27. The van der Waals surface area contributed by atoms with Crippen molar-refractivity contribution in [3.63, 3.8) is 0 Å². The molecule has 0 unspecified atom stereocenters. The van der Waals surface area contributed by atoms with Crippen LogP contribution in [-0.2, 0) is 14.3 Å². The fourth-order valence-corrected chi connectivity index (χ4v) is 2.73. The lowest BCUT2D eigenvalue weighted by Crippen LogP contribution is -2.28. The number of carbonyl (C=O) groups excluding carboxylic acids is 2. The van der Waals surface area contributed by atoms with Crippen molar-refractivity contribution in [1.82, 2.24) is 4.90 Å². The van der Waals surface area contributed by atoms with Crippen LogP contribution in [0.1, 0.15) is 18.4 Å². The van der Waals surface area contributed by atoms with Gasteiger partial charge in [0, 0.05) is 23.1 Å². The van der Waals surface area contributed by atoms with Gasteiger partial charge >= 0.3 is 5.97 Å². The summed E-state index contributed by atoms with van der Waals surface area (Å²) in [5, 5.41) is 9.34. The number of hydrogen-bond acceptors (Lipinski definition) is 5. The molecule has 126 valence electrons. The smallest absolute Gasteiger partial charge is 0.343 e. The van der Waals surface area contributed by atoms with Crippen LogP contribution in [0.3, 0.4) is 0 Å². The SMILES string of the molecule is COC(=O)COc1ccc(Br)cc1/C=C(\C#N)C(=O)N1CCCC1. The molecule has 1 heterocycles. The van der Waals surface area contributed by atoms with Crippen LogP contribution < -0.4 is 4.74 Å². The van der Waals surface area contributed by atoms with Gasteiger partial charge in [-0.05, 0) is 37.1 Å². The fourth-order valence-electron chi connectivity index (χ4n) is 2.35. The van der Waals surface area contributed by atoms with Gasteiger partial charge in [0.05, 0.1) is 7.11 Å². The van der Waals surface area contributed by atoms with Crippen molar-refractivity contribution < 1.29 is 19.1 Å². The van der Waals surface area contributed by atoms with Crippen LogP contribution in [0.4, 0.5) is 0 Å². The third-order valence-corrected chi connectivity index (χ3v) is 4.08. The van der Waals surface area contributed by atoms with E-state index in [-0.39, 0.29) is 18.1 Å². The highest BCUT2D eigenvalue weighted by Gasteiger charge is 2.22. The Bertz CT molecular complexity index is 703. The van der Waals surface area contributed by atoms with Crippen LogP contribution in [0.25, 0.3) is 6.08 Å². The van der Waals surface area contributed by atoms with E-state index in [2.05, 4.69) is 20.7 Å². The van der Waals surface area contributed by atoms with Crippen molar-refractivity contribution in [1.29, 1.82) is 5.26 Å². The second-order valence-electron chi connectivity index (χ2n) is 5.22. The van der Waals surface area contributed by atoms with Crippen molar-refractivity contribution in [2.24, 2.45) is 0 Å². The first-order valence-corrected chi connectivity index (χ1v) is 8.24. The Hall–Kier alpha value is -2.33. The lowest BCUT2D eigenvalue weighted by Gasteiger charge is -2.14. The number of benzene rings is 1. The molecule has 1 aromatic rings. The normalized spacial score (nSPS) is 14.2. The molecule has 24 heavy (non-hydrogen) atoms. The molecule has 0 spiro atoms. The van der Waals surface area contributed by atoms with E-state index in [9.17, 15) is 14.9 Å². The second-order valence-corrected chi connectivity index (χ2v) is 6.13. The lowest BCUT2D eigenvalue weighted by atomic mass is 10.1. The largest absolute Gasteiger partial charge is 0.481 e. The summed E-state index contributed by atoms with van der Waals surface area (Å²) >= 11 is 3.35. The van der Waals surface area contributed by atoms with Gasteiger partial charge in [0.2, 0.25) is 0 Å². The molecule has 0 bridgehead atoms. The maximum Gasteiger partial charge on any atom is 0.343 e. The molecule has 7 heteroatoms. The average molecular weight is 393 g/mol. The van der Waals surface area contributed by atoms with Gasteiger partial charge in [0.25, 0.3) is 5.91 Å². The highest BCUT2D eigenvalue weighted by Crippen LogP contribution is 2.26. The fraction of sp³-hybridized carbons (Fsp3) is 0.353. The summed E-state index contributed by atoms with van der Waals surface area (Å²) in [7, 11) is 1.27. The maximum absolute atomic E-state index is 12.4. The summed E-state index contributed by atoms with van der Waals surface area (Å²) in [5.74, 6) is -0.402. The van der Waals surface area contributed by atoms with Crippen LogP contribution in [-0.4, -0.2) is 43.6 Å². The highest BCUT2D eigenvalue weighted by molar-refractivity contribution is 9.10. The van der Waals surface area contributed by atoms with Crippen molar-refractivity contribution in [2.75, 3.05) is 26.8 Å². The number of hydrogen-bond donors (Lipinski definition) is 0. The first kappa shape index (κ1) is 18.0. The van der Waals surface area contributed by atoms with E-state index in [1.54, 1.807) is 23.1 Å². The Morgan fingerprint density at radius 2 is 2.08 bits per heavy atom. The van der Waals surface area contributed by atoms with Crippen LogP contribution in [0, 0.1) is 11.3 Å². The van der Waals surface area contributed by atoms with Gasteiger partial charge in [-0.15, -0.1) is 0 Å². The number of nitrogens with zero attached hydrogens (tertiary/aromatic N) is 2. The third kappa shape index (κ3) is 4.59. The van der Waals surface area contributed by atoms with Gasteiger partial charge in [-0.25, -0.2) is 4.79 Å². The van der Waals surface area contributed by atoms with Crippen molar-refractivity contribution in [2.45, 2.75) is 12.8 Å². The number of nitriles is 1. The molecule has 0 saturated carbocycles. The van der Waals surface area contributed by atoms with Crippen LogP contribution in [0.15, 0.2) is 28.2 Å². The van der Waals surface area contributed by atoms with E-state index in [1.807, 2.05) is 6.07 Å². The zero-order valence-electron chi connectivity index (χ0n) is 13.3. The summed E-state index contributed by atoms with van der Waals surface area (Å²) in [5.41, 5.74) is 0.579. The van der Waals surface area contributed by atoms with Crippen molar-refractivity contribution in [3.05, 3.63) is 33.8 Å². The van der Waals surface area contributed by atoms with E-state index >= 15 is 0 Å². The number of carbonyl (C=O) groups is 2. The zero-order chi connectivity index (χ0) is 17.5. The second kappa shape index (κ2) is 8.50. The number of ether oxygens (including phenoxy) is 2. The molecule has 1 aromatic carbocycles. The summed E-state index contributed by atoms with van der Waals surface area (Å²) in [6, 6.07) is 7.09. The van der Waals surface area contributed by atoms with Crippen molar-refractivity contribution >= 4 is 33.9 Å². The van der Waals surface area contributed by atoms with E-state index in [0.29, 0.717) is 24.4 Å².